The molecule has 1 aliphatic carbocycles. The summed E-state index contributed by atoms with van der Waals surface area (Å²) in [4.78, 5) is 18.0. The Hall–Kier alpha value is -1.76. The van der Waals surface area contributed by atoms with Crippen molar-refractivity contribution >= 4 is 12.1 Å². The number of likely N-dealkylation sites (N-methyl/N-ethyl adjacent to an activating group) is 1. The van der Waals surface area contributed by atoms with Gasteiger partial charge >= 0.3 is 0 Å². The monoisotopic (exact) mass is 347 g/mol. The number of nitrogens with zero attached hydrogens (tertiary/aromatic N) is 2. The summed E-state index contributed by atoms with van der Waals surface area (Å²) >= 11 is 0. The molecular weight excluding hydrogens is 318 g/mol. The zero-order valence-corrected chi connectivity index (χ0v) is 15.5. The Bertz CT molecular complexity index is 637. The van der Waals surface area contributed by atoms with Crippen LogP contribution in [-0.2, 0) is 11.2 Å². The number of fused-ring (bicyclic) bond motifs is 1. The lowest BCUT2D eigenvalue weighted by Crippen LogP contribution is -2.29. The third-order valence-corrected chi connectivity index (χ3v) is 4.21. The summed E-state index contributed by atoms with van der Waals surface area (Å²) < 4.78 is 5.71. The first-order valence-corrected chi connectivity index (χ1v) is 8.62. The van der Waals surface area contributed by atoms with Crippen LogP contribution in [0.15, 0.2) is 23.2 Å². The lowest BCUT2D eigenvalue weighted by molar-refractivity contribution is -0.00945. The number of primary amides is 1. The molecule has 0 radical (unpaired) electrons. The molecule has 0 heterocycles. The Kier molecular flexibility index (Phi) is 6.32. The van der Waals surface area contributed by atoms with Crippen molar-refractivity contribution in [3.63, 3.8) is 0 Å². The molecule has 2 rings (SSSR count). The summed E-state index contributed by atoms with van der Waals surface area (Å²) in [6.45, 7) is 8.24. The van der Waals surface area contributed by atoms with E-state index in [2.05, 4.69) is 9.89 Å². The maximum absolute atomic E-state index is 11.4. The molecule has 0 aliphatic heterocycles. The molecule has 1 amide bonds. The van der Waals surface area contributed by atoms with Gasteiger partial charge in [0, 0.05) is 31.3 Å². The van der Waals surface area contributed by atoms with E-state index < -0.39 is 12.0 Å². The number of hydrogen-bond acceptors (Lipinski definition) is 5. The third kappa shape index (κ3) is 5.63. The van der Waals surface area contributed by atoms with E-state index in [1.807, 2.05) is 40.1 Å². The molecule has 1 aromatic rings. The molecule has 0 aromatic heterocycles. The summed E-state index contributed by atoms with van der Waals surface area (Å²) in [6, 6.07) is 4.96. The number of nitrogens with two attached hydrogens (primary N) is 1. The molecule has 3 N–H and O–H groups in total. The van der Waals surface area contributed by atoms with Crippen LogP contribution in [0, 0.1) is 0 Å². The van der Waals surface area contributed by atoms with Crippen molar-refractivity contribution < 1.29 is 14.6 Å². The van der Waals surface area contributed by atoms with Crippen molar-refractivity contribution in [2.24, 2.45) is 10.7 Å². The van der Waals surface area contributed by atoms with E-state index in [1.54, 1.807) is 12.1 Å². The smallest absolute Gasteiger partial charge is 0.248 e. The number of aliphatic imine (C=N–C) groups is 1. The third-order valence-electron chi connectivity index (χ3n) is 4.21. The van der Waals surface area contributed by atoms with Crippen LogP contribution in [0.4, 0.5) is 0 Å². The maximum Gasteiger partial charge on any atom is 0.248 e. The van der Waals surface area contributed by atoms with E-state index in [4.69, 9.17) is 10.5 Å². The quantitative estimate of drug-likeness (QED) is 0.733. The van der Waals surface area contributed by atoms with Crippen LogP contribution in [-0.4, -0.2) is 60.6 Å². The number of benzene rings is 1. The van der Waals surface area contributed by atoms with Crippen LogP contribution in [0.1, 0.15) is 48.3 Å². The highest BCUT2D eigenvalue weighted by atomic mass is 16.5. The Morgan fingerprint density at radius 2 is 2.20 bits per heavy atom. The molecular formula is C19H29N3O3. The standard InChI is InChI=1S/C19H29N3O3/c1-19(2,3)25-10-9-22(4)8-7-21-17-15-11-14(18(20)24)6-5-13(15)12-16(17)23/h5-7,11,16-17,23H,8-10,12H2,1-4H3,(H2,20,24). The fourth-order valence-corrected chi connectivity index (χ4v) is 2.83. The zero-order valence-electron chi connectivity index (χ0n) is 15.5. The number of aliphatic hydroxyl groups is 1. The summed E-state index contributed by atoms with van der Waals surface area (Å²) in [7, 11) is 2.00. The minimum atomic E-state index is -0.566. The second-order valence-electron chi connectivity index (χ2n) is 7.55. The van der Waals surface area contributed by atoms with Gasteiger partial charge in [0.25, 0.3) is 0 Å². The Balaban J connectivity index is 1.93. The van der Waals surface area contributed by atoms with E-state index >= 15 is 0 Å². The molecule has 2 unspecified atom stereocenters. The number of carbonyl (C=O) groups excluding carboxylic acids is 1. The van der Waals surface area contributed by atoms with Crippen LogP contribution in [0.3, 0.4) is 0 Å². The molecule has 6 nitrogen and oxygen atoms in total. The predicted octanol–water partition coefficient (Wildman–Crippen LogP) is 1.56. The maximum atomic E-state index is 11.4. The van der Waals surface area contributed by atoms with Crippen molar-refractivity contribution in [2.75, 3.05) is 26.7 Å². The van der Waals surface area contributed by atoms with Crippen LogP contribution >= 0.6 is 0 Å². The van der Waals surface area contributed by atoms with Gasteiger partial charge in [0.2, 0.25) is 5.91 Å². The number of amides is 1. The van der Waals surface area contributed by atoms with Crippen molar-refractivity contribution in [3.8, 4) is 0 Å². The van der Waals surface area contributed by atoms with Crippen LogP contribution in [0.25, 0.3) is 0 Å². The highest BCUT2D eigenvalue weighted by molar-refractivity contribution is 5.93. The minimum Gasteiger partial charge on any atom is -0.390 e. The molecule has 0 saturated heterocycles. The van der Waals surface area contributed by atoms with Crippen LogP contribution in [0.2, 0.25) is 0 Å². The average Bonchev–Trinajstić information content (AvgIpc) is 2.81. The molecule has 1 aromatic carbocycles. The first-order chi connectivity index (χ1) is 11.7. The highest BCUT2D eigenvalue weighted by Crippen LogP contribution is 2.34. The Morgan fingerprint density at radius 3 is 2.84 bits per heavy atom. The summed E-state index contributed by atoms with van der Waals surface area (Å²) in [5.41, 5.74) is 7.57. The summed E-state index contributed by atoms with van der Waals surface area (Å²) in [5.74, 6) is -0.467. The van der Waals surface area contributed by atoms with Gasteiger partial charge in [-0.3, -0.25) is 14.7 Å². The number of aliphatic hydroxyl groups excluding tert-OH is 1. The van der Waals surface area contributed by atoms with Gasteiger partial charge < -0.3 is 15.6 Å². The van der Waals surface area contributed by atoms with Gasteiger partial charge in [-0.25, -0.2) is 0 Å². The SMILES string of the molecule is CN(CC=NC1c2cc(C(N)=O)ccc2CC1O)CCOC(C)(C)C. The molecule has 0 saturated carbocycles. The fraction of sp³-hybridized carbons (Fsp3) is 0.579. The Labute approximate surface area is 149 Å². The van der Waals surface area contributed by atoms with Gasteiger partial charge in [0.15, 0.2) is 0 Å². The van der Waals surface area contributed by atoms with Gasteiger partial charge in [-0.2, -0.15) is 0 Å². The molecule has 0 fully saturated rings. The van der Waals surface area contributed by atoms with Crippen molar-refractivity contribution in [2.45, 2.75) is 44.9 Å². The van der Waals surface area contributed by atoms with Crippen molar-refractivity contribution in [3.05, 3.63) is 34.9 Å². The molecule has 2 atom stereocenters. The van der Waals surface area contributed by atoms with Gasteiger partial charge in [0.1, 0.15) is 6.04 Å². The first kappa shape index (κ1) is 19.6. The van der Waals surface area contributed by atoms with Gasteiger partial charge in [0.05, 0.1) is 18.3 Å². The Morgan fingerprint density at radius 1 is 1.48 bits per heavy atom. The van der Waals surface area contributed by atoms with E-state index in [0.29, 0.717) is 25.1 Å². The van der Waals surface area contributed by atoms with Gasteiger partial charge in [-0.15, -0.1) is 0 Å². The predicted molar refractivity (Wildman–Crippen MR) is 99.1 cm³/mol. The highest BCUT2D eigenvalue weighted by Gasteiger charge is 2.30. The lowest BCUT2D eigenvalue weighted by atomic mass is 10.0. The topological polar surface area (TPSA) is 88.2 Å². The molecule has 138 valence electrons. The second-order valence-corrected chi connectivity index (χ2v) is 7.55. The lowest BCUT2D eigenvalue weighted by Gasteiger charge is -2.22. The summed E-state index contributed by atoms with van der Waals surface area (Å²) in [5, 5.41) is 10.3. The fourth-order valence-electron chi connectivity index (χ4n) is 2.83. The zero-order chi connectivity index (χ0) is 18.6. The van der Waals surface area contributed by atoms with E-state index in [-0.39, 0.29) is 11.6 Å². The minimum absolute atomic E-state index is 0.134. The number of hydrogen-bond donors (Lipinski definition) is 2. The summed E-state index contributed by atoms with van der Waals surface area (Å²) in [6.07, 6.45) is 1.80. The number of rotatable bonds is 7. The van der Waals surface area contributed by atoms with E-state index in [0.717, 1.165) is 17.7 Å². The molecule has 6 heteroatoms. The van der Waals surface area contributed by atoms with Crippen LogP contribution < -0.4 is 5.73 Å². The molecule has 0 spiro atoms. The van der Waals surface area contributed by atoms with Gasteiger partial charge in [-0.1, -0.05) is 6.07 Å². The molecule has 25 heavy (non-hydrogen) atoms. The average molecular weight is 347 g/mol. The molecule has 0 bridgehead atoms. The van der Waals surface area contributed by atoms with Crippen molar-refractivity contribution in [1.29, 1.82) is 0 Å². The molecule has 1 aliphatic rings. The van der Waals surface area contributed by atoms with Crippen LogP contribution in [0.5, 0.6) is 0 Å². The largest absolute Gasteiger partial charge is 0.390 e. The van der Waals surface area contributed by atoms with Gasteiger partial charge in [-0.05, 0) is 51.1 Å². The van der Waals surface area contributed by atoms with Crippen molar-refractivity contribution in [1.82, 2.24) is 4.90 Å². The number of ether oxygens (including phenoxy) is 1. The van der Waals surface area contributed by atoms with E-state index in [1.165, 1.54) is 0 Å². The number of carbonyl (C=O) groups is 1. The second kappa shape index (κ2) is 8.08. The normalized spacial score (nSPS) is 20.4. The van der Waals surface area contributed by atoms with E-state index in [9.17, 15) is 9.90 Å². The first-order valence-electron chi connectivity index (χ1n) is 8.62.